The van der Waals surface area contributed by atoms with Crippen LogP contribution < -0.4 is 0 Å². The van der Waals surface area contributed by atoms with Crippen molar-refractivity contribution >= 4 is 12.1 Å². The maximum absolute atomic E-state index is 10.7. The van der Waals surface area contributed by atoms with Crippen LogP contribution in [0, 0.1) is 4.91 Å². The van der Waals surface area contributed by atoms with Gasteiger partial charge in [0.1, 0.15) is 0 Å². The predicted octanol–water partition coefficient (Wildman–Crippen LogP) is 0.689. The SMILES string of the molecule is CCCC(=O)C(C=O)N=O. The van der Waals surface area contributed by atoms with E-state index in [0.29, 0.717) is 6.42 Å². The lowest BCUT2D eigenvalue weighted by Crippen LogP contribution is -2.18. The van der Waals surface area contributed by atoms with Gasteiger partial charge < -0.3 is 4.79 Å². The molecular weight excluding hydrogens is 134 g/mol. The molecule has 0 aromatic carbocycles. The number of nitroso groups, excluding NO2 is 1. The Hall–Kier alpha value is -1.06. The Kier molecular flexibility index (Phi) is 4.28. The first-order valence-corrected chi connectivity index (χ1v) is 3.06. The smallest absolute Gasteiger partial charge is 0.205 e. The number of Topliss-reactive ketones (excluding diaryl/α,β-unsaturated/α-hetero) is 1. The van der Waals surface area contributed by atoms with Crippen LogP contribution in [0.15, 0.2) is 5.18 Å². The summed E-state index contributed by atoms with van der Waals surface area (Å²) in [6.45, 7) is 1.80. The molecule has 4 heteroatoms. The van der Waals surface area contributed by atoms with Crippen molar-refractivity contribution in [3.8, 4) is 0 Å². The van der Waals surface area contributed by atoms with Crippen LogP contribution in [0.2, 0.25) is 0 Å². The third-order valence-electron chi connectivity index (χ3n) is 1.07. The fourth-order valence-corrected chi connectivity index (χ4v) is 0.554. The van der Waals surface area contributed by atoms with Crippen LogP contribution in [0.5, 0.6) is 0 Å². The largest absolute Gasteiger partial charge is 0.300 e. The highest BCUT2D eigenvalue weighted by atomic mass is 16.3. The van der Waals surface area contributed by atoms with Crippen molar-refractivity contribution in [2.45, 2.75) is 25.8 Å². The minimum absolute atomic E-state index is 0.245. The standard InChI is InChI=1S/C6H9NO3/c1-2-3-6(9)5(4-8)7-10/h4-5H,2-3H2,1H3. The van der Waals surface area contributed by atoms with Gasteiger partial charge in [-0.05, 0) is 6.42 Å². The second-order valence-corrected chi connectivity index (χ2v) is 1.90. The van der Waals surface area contributed by atoms with Crippen LogP contribution in [0.3, 0.4) is 0 Å². The number of rotatable bonds is 5. The summed E-state index contributed by atoms with van der Waals surface area (Å²) in [5.74, 6) is -0.396. The van der Waals surface area contributed by atoms with Gasteiger partial charge in [-0.2, -0.15) is 0 Å². The molecular formula is C6H9NO3. The highest BCUT2D eigenvalue weighted by Crippen LogP contribution is 1.96. The third-order valence-corrected chi connectivity index (χ3v) is 1.07. The summed E-state index contributed by atoms with van der Waals surface area (Å²) in [7, 11) is 0. The van der Waals surface area contributed by atoms with Crippen molar-refractivity contribution < 1.29 is 9.59 Å². The van der Waals surface area contributed by atoms with Crippen LogP contribution in [0.4, 0.5) is 0 Å². The van der Waals surface area contributed by atoms with E-state index in [1.807, 2.05) is 0 Å². The summed E-state index contributed by atoms with van der Waals surface area (Å²) >= 11 is 0. The van der Waals surface area contributed by atoms with E-state index >= 15 is 0 Å². The lowest BCUT2D eigenvalue weighted by atomic mass is 10.1. The number of aldehydes is 1. The summed E-state index contributed by atoms with van der Waals surface area (Å²) in [4.78, 5) is 30.4. The topological polar surface area (TPSA) is 63.6 Å². The number of hydrogen-bond donors (Lipinski definition) is 0. The number of hydrogen-bond acceptors (Lipinski definition) is 4. The maximum Gasteiger partial charge on any atom is 0.205 e. The first kappa shape index (κ1) is 8.94. The Morgan fingerprint density at radius 2 is 2.30 bits per heavy atom. The summed E-state index contributed by atoms with van der Waals surface area (Å²) < 4.78 is 0. The van der Waals surface area contributed by atoms with E-state index in [1.165, 1.54) is 0 Å². The molecule has 0 N–H and O–H groups in total. The molecule has 0 heterocycles. The molecule has 0 rings (SSSR count). The minimum atomic E-state index is -1.28. The molecule has 0 aliphatic carbocycles. The summed E-state index contributed by atoms with van der Waals surface area (Å²) in [5.41, 5.74) is 0. The molecule has 0 aromatic heterocycles. The van der Waals surface area contributed by atoms with E-state index < -0.39 is 11.8 Å². The molecule has 0 amide bonds. The molecule has 0 aliphatic heterocycles. The van der Waals surface area contributed by atoms with E-state index in [4.69, 9.17) is 0 Å². The van der Waals surface area contributed by atoms with Gasteiger partial charge in [0.05, 0.1) is 0 Å². The van der Waals surface area contributed by atoms with Crippen molar-refractivity contribution in [1.82, 2.24) is 0 Å². The van der Waals surface area contributed by atoms with Gasteiger partial charge in [0.25, 0.3) is 0 Å². The first-order valence-electron chi connectivity index (χ1n) is 3.06. The normalized spacial score (nSPS) is 12.1. The van der Waals surface area contributed by atoms with Gasteiger partial charge in [-0.25, -0.2) is 0 Å². The molecule has 0 saturated heterocycles. The molecule has 1 unspecified atom stereocenters. The highest BCUT2D eigenvalue weighted by Gasteiger charge is 2.15. The second-order valence-electron chi connectivity index (χ2n) is 1.90. The quantitative estimate of drug-likeness (QED) is 0.323. The lowest BCUT2D eigenvalue weighted by Gasteiger charge is -1.95. The molecule has 0 radical (unpaired) electrons. The summed E-state index contributed by atoms with van der Waals surface area (Å²) in [6.07, 6.45) is 1.15. The van der Waals surface area contributed by atoms with Crippen molar-refractivity contribution in [1.29, 1.82) is 0 Å². The Bertz CT molecular complexity index is 136. The van der Waals surface area contributed by atoms with Crippen LogP contribution in [0.1, 0.15) is 19.8 Å². The number of carbonyl (C=O) groups excluding carboxylic acids is 2. The predicted molar refractivity (Wildman–Crippen MR) is 35.6 cm³/mol. The van der Waals surface area contributed by atoms with Crippen molar-refractivity contribution in [3.05, 3.63) is 4.91 Å². The van der Waals surface area contributed by atoms with Crippen LogP contribution >= 0.6 is 0 Å². The van der Waals surface area contributed by atoms with Gasteiger partial charge in [0.15, 0.2) is 12.1 Å². The van der Waals surface area contributed by atoms with Crippen LogP contribution in [-0.2, 0) is 9.59 Å². The van der Waals surface area contributed by atoms with Gasteiger partial charge in [0.2, 0.25) is 6.04 Å². The molecule has 1 atom stereocenters. The molecule has 10 heavy (non-hydrogen) atoms. The highest BCUT2D eigenvalue weighted by molar-refractivity contribution is 5.97. The average Bonchev–Trinajstić information content (AvgIpc) is 1.91. The van der Waals surface area contributed by atoms with Gasteiger partial charge in [-0.1, -0.05) is 12.1 Å². The van der Waals surface area contributed by atoms with Gasteiger partial charge in [-0.15, -0.1) is 4.91 Å². The molecule has 0 fully saturated rings. The van der Waals surface area contributed by atoms with Gasteiger partial charge in [0, 0.05) is 6.42 Å². The van der Waals surface area contributed by atoms with E-state index in [1.54, 1.807) is 6.92 Å². The van der Waals surface area contributed by atoms with Gasteiger partial charge in [-0.3, -0.25) is 4.79 Å². The van der Waals surface area contributed by atoms with Crippen LogP contribution in [0.25, 0.3) is 0 Å². The monoisotopic (exact) mass is 143 g/mol. The van der Waals surface area contributed by atoms with E-state index in [0.717, 1.165) is 0 Å². The zero-order valence-electron chi connectivity index (χ0n) is 5.74. The molecule has 0 bridgehead atoms. The number of ketones is 1. The van der Waals surface area contributed by atoms with E-state index in [2.05, 4.69) is 5.18 Å². The lowest BCUT2D eigenvalue weighted by molar-refractivity contribution is -0.123. The fourth-order valence-electron chi connectivity index (χ4n) is 0.554. The zero-order chi connectivity index (χ0) is 7.98. The maximum atomic E-state index is 10.7. The molecule has 0 spiro atoms. The Labute approximate surface area is 58.6 Å². The van der Waals surface area contributed by atoms with Crippen molar-refractivity contribution in [2.75, 3.05) is 0 Å². The van der Waals surface area contributed by atoms with Gasteiger partial charge >= 0.3 is 0 Å². The molecule has 0 saturated carbocycles. The second kappa shape index (κ2) is 4.78. The Balaban J connectivity index is 3.88. The number of nitrogens with zero attached hydrogens (tertiary/aromatic N) is 1. The molecule has 0 aliphatic rings. The Morgan fingerprint density at radius 1 is 1.70 bits per heavy atom. The third kappa shape index (κ3) is 2.48. The first-order chi connectivity index (χ1) is 4.76. The molecule has 56 valence electrons. The zero-order valence-corrected chi connectivity index (χ0v) is 5.74. The van der Waals surface area contributed by atoms with E-state index in [-0.39, 0.29) is 12.7 Å². The average molecular weight is 143 g/mol. The summed E-state index contributed by atoms with van der Waals surface area (Å²) in [6, 6.07) is -1.28. The number of carbonyl (C=O) groups is 2. The van der Waals surface area contributed by atoms with Crippen molar-refractivity contribution in [2.24, 2.45) is 5.18 Å². The summed E-state index contributed by atoms with van der Waals surface area (Å²) in [5, 5.41) is 2.36. The Morgan fingerprint density at radius 3 is 2.60 bits per heavy atom. The minimum Gasteiger partial charge on any atom is -0.300 e. The molecule has 0 aromatic rings. The van der Waals surface area contributed by atoms with Crippen LogP contribution in [-0.4, -0.2) is 18.1 Å². The fraction of sp³-hybridized carbons (Fsp3) is 0.667. The van der Waals surface area contributed by atoms with Crippen molar-refractivity contribution in [3.63, 3.8) is 0 Å². The molecule has 4 nitrogen and oxygen atoms in total. The van der Waals surface area contributed by atoms with E-state index in [9.17, 15) is 14.5 Å².